The Labute approximate surface area is 181 Å². The molecule has 162 valence electrons. The van der Waals surface area contributed by atoms with Gasteiger partial charge < -0.3 is 20.5 Å². The van der Waals surface area contributed by atoms with Gasteiger partial charge in [-0.15, -0.1) is 0 Å². The predicted octanol–water partition coefficient (Wildman–Crippen LogP) is 3.45. The molecule has 0 unspecified atom stereocenters. The van der Waals surface area contributed by atoms with Gasteiger partial charge in [-0.1, -0.05) is 54.6 Å². The Balaban J connectivity index is 1.48. The number of alkyl carbamates (subject to hydrolysis) is 1. The normalized spacial score (nSPS) is 12.8. The molecule has 31 heavy (non-hydrogen) atoms. The molecule has 0 atom stereocenters. The highest BCUT2D eigenvalue weighted by Crippen LogP contribution is 2.44. The van der Waals surface area contributed by atoms with Crippen LogP contribution in [0.15, 0.2) is 60.7 Å². The van der Waals surface area contributed by atoms with Crippen LogP contribution in [0, 0.1) is 0 Å². The molecule has 3 rings (SSSR count). The quantitative estimate of drug-likeness (QED) is 0.565. The average molecular weight is 422 g/mol. The second kappa shape index (κ2) is 9.47. The van der Waals surface area contributed by atoms with Crippen LogP contribution in [0.2, 0.25) is 0 Å². The minimum absolute atomic E-state index is 0.0177. The van der Waals surface area contributed by atoms with Crippen molar-refractivity contribution in [1.29, 1.82) is 0 Å². The van der Waals surface area contributed by atoms with Crippen LogP contribution in [0.3, 0.4) is 0 Å². The van der Waals surface area contributed by atoms with Crippen molar-refractivity contribution in [3.63, 3.8) is 0 Å². The zero-order valence-corrected chi connectivity index (χ0v) is 17.6. The van der Waals surface area contributed by atoms with Crippen LogP contribution < -0.4 is 10.6 Å². The zero-order valence-electron chi connectivity index (χ0n) is 17.6. The van der Waals surface area contributed by atoms with Crippen molar-refractivity contribution in [3.05, 3.63) is 71.8 Å². The number of amides is 2. The van der Waals surface area contributed by atoms with E-state index < -0.39 is 23.5 Å². The van der Waals surface area contributed by atoms with Crippen molar-refractivity contribution in [2.24, 2.45) is 0 Å². The summed E-state index contributed by atoms with van der Waals surface area (Å²) in [4.78, 5) is 34.8. The molecule has 7 heteroatoms. The number of aliphatic carboxylic acids is 1. The van der Waals surface area contributed by atoms with Crippen LogP contribution >= 0.6 is 0 Å². The Morgan fingerprint density at radius 2 is 1.61 bits per heavy atom. The van der Waals surface area contributed by atoms with Gasteiger partial charge in [-0.3, -0.25) is 9.59 Å². The number of carboxylic acid groups (broad SMARTS) is 1. The fourth-order valence-corrected chi connectivity index (χ4v) is 3.76. The van der Waals surface area contributed by atoms with Crippen molar-refractivity contribution >= 4 is 18.0 Å². The summed E-state index contributed by atoms with van der Waals surface area (Å²) < 4.78 is 5.42. The van der Waals surface area contributed by atoms with Gasteiger partial charge in [-0.2, -0.15) is 0 Å². The highest BCUT2D eigenvalue weighted by Gasteiger charge is 2.29. The van der Waals surface area contributed by atoms with Gasteiger partial charge in [-0.05, 0) is 36.1 Å². The summed E-state index contributed by atoms with van der Waals surface area (Å²) in [6.45, 7) is 3.58. The van der Waals surface area contributed by atoms with Crippen molar-refractivity contribution in [1.82, 2.24) is 10.6 Å². The van der Waals surface area contributed by atoms with Crippen LogP contribution in [0.4, 0.5) is 4.79 Å². The summed E-state index contributed by atoms with van der Waals surface area (Å²) in [5, 5.41) is 14.0. The highest BCUT2D eigenvalue weighted by molar-refractivity contribution is 5.88. The summed E-state index contributed by atoms with van der Waals surface area (Å²) in [7, 11) is 0. The topological polar surface area (TPSA) is 105 Å². The van der Waals surface area contributed by atoms with Crippen molar-refractivity contribution in [2.45, 2.75) is 31.7 Å². The first-order valence-corrected chi connectivity index (χ1v) is 10.1. The van der Waals surface area contributed by atoms with Gasteiger partial charge >= 0.3 is 12.1 Å². The standard InChI is InChI=1S/C24H26N2O5/c1-24(2,14-22(28)29)26-21(27)12-7-13-25-23(30)31-15-20-18-10-5-3-8-16(18)17-9-4-6-11-19(17)20/h3-12,20H,13-15H2,1-2H3,(H,25,30)(H,26,27)(H,28,29)/b12-7+. The molecule has 0 bridgehead atoms. The molecule has 3 N–H and O–H groups in total. The predicted molar refractivity (Wildman–Crippen MR) is 117 cm³/mol. The molecule has 0 fully saturated rings. The van der Waals surface area contributed by atoms with E-state index in [-0.39, 0.29) is 25.5 Å². The van der Waals surface area contributed by atoms with Crippen molar-refractivity contribution in [2.75, 3.05) is 13.2 Å². The fourth-order valence-electron chi connectivity index (χ4n) is 3.76. The van der Waals surface area contributed by atoms with Crippen LogP contribution in [0.5, 0.6) is 0 Å². The molecular formula is C24H26N2O5. The van der Waals surface area contributed by atoms with E-state index in [0.717, 1.165) is 22.3 Å². The van der Waals surface area contributed by atoms with Gasteiger partial charge in [0.05, 0.1) is 6.42 Å². The number of benzene rings is 2. The number of rotatable bonds is 8. The SMILES string of the molecule is CC(C)(CC(=O)O)NC(=O)/C=C/CNC(=O)OCC1c2ccccc2-c2ccccc21. The molecule has 1 aliphatic rings. The lowest BCUT2D eigenvalue weighted by Gasteiger charge is -2.23. The lowest BCUT2D eigenvalue weighted by Crippen LogP contribution is -2.44. The summed E-state index contributed by atoms with van der Waals surface area (Å²) in [5.41, 5.74) is 3.72. The van der Waals surface area contributed by atoms with Crippen LogP contribution in [0.1, 0.15) is 37.3 Å². The van der Waals surface area contributed by atoms with Crippen LogP contribution in [-0.2, 0) is 14.3 Å². The Morgan fingerprint density at radius 3 is 2.19 bits per heavy atom. The van der Waals surface area contributed by atoms with Gasteiger partial charge in [0.25, 0.3) is 0 Å². The Kier molecular flexibility index (Phi) is 6.74. The first-order valence-electron chi connectivity index (χ1n) is 10.1. The van der Waals surface area contributed by atoms with Gasteiger partial charge in [0, 0.05) is 24.1 Å². The van der Waals surface area contributed by atoms with Gasteiger partial charge in [0.1, 0.15) is 6.61 Å². The molecule has 0 aromatic heterocycles. The average Bonchev–Trinajstić information content (AvgIpc) is 3.02. The first kappa shape index (κ1) is 22.1. The third-order valence-corrected chi connectivity index (χ3v) is 5.03. The van der Waals surface area contributed by atoms with E-state index in [1.807, 2.05) is 24.3 Å². The largest absolute Gasteiger partial charge is 0.481 e. The monoisotopic (exact) mass is 422 g/mol. The van der Waals surface area contributed by atoms with E-state index in [2.05, 4.69) is 34.9 Å². The van der Waals surface area contributed by atoms with Crippen LogP contribution in [0.25, 0.3) is 11.1 Å². The van der Waals surface area contributed by atoms with Crippen molar-refractivity contribution < 1.29 is 24.2 Å². The summed E-state index contributed by atoms with van der Waals surface area (Å²) >= 11 is 0. The Morgan fingerprint density at radius 1 is 1.03 bits per heavy atom. The molecule has 2 aromatic carbocycles. The maximum Gasteiger partial charge on any atom is 0.407 e. The molecule has 7 nitrogen and oxygen atoms in total. The lowest BCUT2D eigenvalue weighted by molar-refractivity contribution is -0.138. The molecule has 0 aliphatic heterocycles. The number of fused-ring (bicyclic) bond motifs is 3. The van der Waals surface area contributed by atoms with E-state index in [1.54, 1.807) is 13.8 Å². The molecule has 1 aliphatic carbocycles. The second-order valence-corrected chi connectivity index (χ2v) is 8.05. The number of carbonyl (C=O) groups is 3. The maximum absolute atomic E-state index is 12.1. The van der Waals surface area contributed by atoms with Gasteiger partial charge in [0.2, 0.25) is 5.91 Å². The minimum Gasteiger partial charge on any atom is -0.481 e. The van der Waals surface area contributed by atoms with E-state index in [9.17, 15) is 14.4 Å². The van der Waals surface area contributed by atoms with Crippen LogP contribution in [-0.4, -0.2) is 41.8 Å². The molecule has 2 aromatic rings. The van der Waals surface area contributed by atoms with E-state index >= 15 is 0 Å². The van der Waals surface area contributed by atoms with Gasteiger partial charge in [0.15, 0.2) is 0 Å². The second-order valence-electron chi connectivity index (χ2n) is 8.05. The summed E-state index contributed by atoms with van der Waals surface area (Å²) in [6, 6.07) is 16.2. The third kappa shape index (κ3) is 5.72. The number of hydrogen-bond donors (Lipinski definition) is 3. The molecule has 0 saturated carbocycles. The molecular weight excluding hydrogens is 396 g/mol. The van der Waals surface area contributed by atoms with Crippen molar-refractivity contribution in [3.8, 4) is 11.1 Å². The van der Waals surface area contributed by atoms with E-state index in [4.69, 9.17) is 9.84 Å². The number of carbonyl (C=O) groups excluding carboxylic acids is 2. The smallest absolute Gasteiger partial charge is 0.407 e. The molecule has 0 spiro atoms. The van der Waals surface area contributed by atoms with E-state index in [0.29, 0.717) is 0 Å². The summed E-state index contributed by atoms with van der Waals surface area (Å²) in [5.74, 6) is -1.44. The number of carboxylic acids is 1. The molecule has 0 radical (unpaired) electrons. The van der Waals surface area contributed by atoms with E-state index in [1.165, 1.54) is 12.2 Å². The lowest BCUT2D eigenvalue weighted by atomic mass is 9.98. The minimum atomic E-state index is -0.994. The first-order chi connectivity index (χ1) is 14.8. The molecule has 2 amide bonds. The number of nitrogens with one attached hydrogen (secondary N) is 2. The highest BCUT2D eigenvalue weighted by atomic mass is 16.5. The fraction of sp³-hybridized carbons (Fsp3) is 0.292. The maximum atomic E-state index is 12.1. The zero-order chi connectivity index (χ0) is 22.4. The van der Waals surface area contributed by atoms with Gasteiger partial charge in [-0.25, -0.2) is 4.79 Å². The summed E-state index contributed by atoms with van der Waals surface area (Å²) in [6.07, 6.45) is 1.98. The Hall–Kier alpha value is -3.61. The number of hydrogen-bond acceptors (Lipinski definition) is 4. The third-order valence-electron chi connectivity index (χ3n) is 5.03. The Bertz CT molecular complexity index is 967. The molecule has 0 saturated heterocycles. The molecule has 0 heterocycles. The number of ether oxygens (including phenoxy) is 1.